The first-order valence-electron chi connectivity index (χ1n) is 22.3. The van der Waals surface area contributed by atoms with Crippen LogP contribution in [0.5, 0.6) is 0 Å². The quantitative estimate of drug-likeness (QED) is 0.153. The number of nitrogens with zero attached hydrogens (tertiary/aromatic N) is 7. The number of pyridine rings is 2. The number of hydrogen-bond donors (Lipinski definition) is 0. The van der Waals surface area contributed by atoms with Crippen LogP contribution >= 0.6 is 15.8 Å². The summed E-state index contributed by atoms with van der Waals surface area (Å²) in [6, 6.07) is 63.3. The number of benzene rings is 6. The van der Waals surface area contributed by atoms with Gasteiger partial charge in [0.25, 0.3) is 0 Å². The minimum atomic E-state index is -0.545. The number of hydrogen-bond acceptors (Lipinski definition) is 5. The molecule has 0 radical (unpaired) electrons. The molecule has 10 aromatic rings. The Morgan fingerprint density at radius 3 is 1.39 bits per heavy atom. The summed E-state index contributed by atoms with van der Waals surface area (Å²) in [6.45, 7) is 17.3. The van der Waals surface area contributed by atoms with Gasteiger partial charge >= 0.3 is 19.8 Å². The van der Waals surface area contributed by atoms with Crippen LogP contribution < -0.4 is 31.3 Å². The molecule has 0 saturated heterocycles. The van der Waals surface area contributed by atoms with E-state index in [1.807, 2.05) is 54.9 Å². The minimum Gasteiger partial charge on any atom is -0.441 e. The van der Waals surface area contributed by atoms with Crippen molar-refractivity contribution in [2.75, 3.05) is 13.3 Å². The first-order valence-corrected chi connectivity index (χ1v) is 26.3. The van der Waals surface area contributed by atoms with Crippen LogP contribution in [0.3, 0.4) is 0 Å². The molecule has 4 heterocycles. The summed E-state index contributed by atoms with van der Waals surface area (Å²) >= 11 is 0. The normalized spacial score (nSPS) is 11.1. The van der Waals surface area contributed by atoms with Gasteiger partial charge in [0.2, 0.25) is 0 Å². The zero-order chi connectivity index (χ0) is 46.5. The van der Waals surface area contributed by atoms with Crippen LogP contribution in [-0.2, 0) is 30.6 Å². The second-order valence-corrected chi connectivity index (χ2v) is 22.9. The van der Waals surface area contributed by atoms with Crippen molar-refractivity contribution in [1.29, 1.82) is 0 Å². The predicted octanol–water partition coefficient (Wildman–Crippen LogP) is 11.5. The Balaban J connectivity index is 0.000000148. The van der Waals surface area contributed by atoms with Gasteiger partial charge in [-0.3, -0.25) is 15.1 Å². The van der Waals surface area contributed by atoms with Crippen molar-refractivity contribution >= 4 is 58.6 Å². The van der Waals surface area contributed by atoms with Crippen LogP contribution in [0.15, 0.2) is 201 Å². The third-order valence-corrected chi connectivity index (χ3v) is 15.8. The van der Waals surface area contributed by atoms with Gasteiger partial charge in [-0.15, -0.1) is 0 Å². The summed E-state index contributed by atoms with van der Waals surface area (Å²) in [6.07, 6.45) is 5.49. The van der Waals surface area contributed by atoms with Crippen molar-refractivity contribution in [3.63, 3.8) is 0 Å². The number of aromatic nitrogens is 7. The molecule has 0 N–H and O–H groups in total. The molecule has 0 aliphatic heterocycles. The van der Waals surface area contributed by atoms with E-state index in [1.165, 1.54) is 21.2 Å². The third kappa shape index (κ3) is 13.8. The molecule has 10 rings (SSSR count). The number of fused-ring (bicyclic) bond motifs is 2. The molecule has 10 heteroatoms. The van der Waals surface area contributed by atoms with E-state index >= 15 is 0 Å². The van der Waals surface area contributed by atoms with Gasteiger partial charge in [0, 0.05) is 34.4 Å². The monoisotopic (exact) mass is 1100 g/mol. The molecule has 0 bridgehead atoms. The molecule has 6 aromatic carbocycles. The van der Waals surface area contributed by atoms with Crippen LogP contribution in [0, 0.1) is 0 Å². The summed E-state index contributed by atoms with van der Waals surface area (Å²) in [4.78, 5) is 22.3. The van der Waals surface area contributed by atoms with Crippen LogP contribution in [0.25, 0.3) is 44.6 Å². The molecule has 0 amide bonds. The minimum absolute atomic E-state index is 0. The number of imidazole rings is 1. The molecule has 7 nitrogen and oxygen atoms in total. The van der Waals surface area contributed by atoms with Crippen molar-refractivity contribution in [3.8, 4) is 23.0 Å². The molecule has 0 saturated carbocycles. The average Bonchev–Trinajstić information content (AvgIpc) is 4.08. The van der Waals surface area contributed by atoms with Gasteiger partial charge in [-0.2, -0.15) is 0 Å². The largest absolute Gasteiger partial charge is 2.00 e. The zero-order valence-electron chi connectivity index (χ0n) is 39.5. The molecule has 0 unspecified atom stereocenters. The van der Waals surface area contributed by atoms with E-state index in [4.69, 9.17) is 0 Å². The van der Waals surface area contributed by atoms with Gasteiger partial charge in [0.1, 0.15) is 0 Å². The SMILES string of the molecule is CC(C)(C)c1c[n-]c(-c2cc3ccccc3cn2)n1.CC(C)(C)c1n[n-]c(-c2nccc3ccccc23)n1.C[PH+](c1ccccc1)c1ccccc1.C[PH+](c1ccccc1)c1ccccc1.[Os+2]. The molecule has 338 valence electrons. The average molecular weight is 1090 g/mol. The van der Waals surface area contributed by atoms with Crippen LogP contribution in [0.4, 0.5) is 0 Å². The molecule has 0 atom stereocenters. The molecule has 0 fully saturated rings. The standard InChI is InChI=1S/C16H16N3.C15H15N4.2C13H13P.Os/c1-16(2,3)14-10-18-15(19-14)13-8-11-6-4-5-7-12(11)9-17-13;1-15(2,3)14-17-13(18-19-14)12-11-7-5-4-6-10(11)8-9-16-12;2*1-14(12-8-4-2-5-9-12)13-10-6-3-7-11-13;/h4-10H,1-3H3;4-9H,1-3H3;2*2-11H,1H3;/q2*-1;;;+2/p+2. The van der Waals surface area contributed by atoms with Crippen LogP contribution in [0.2, 0.25) is 0 Å². The molecule has 0 aliphatic rings. The molecule has 0 spiro atoms. The van der Waals surface area contributed by atoms with Gasteiger partial charge in [-0.1, -0.05) is 175 Å². The van der Waals surface area contributed by atoms with Gasteiger partial charge < -0.3 is 20.1 Å². The van der Waals surface area contributed by atoms with E-state index < -0.39 is 15.8 Å². The van der Waals surface area contributed by atoms with E-state index in [-0.39, 0.29) is 30.6 Å². The van der Waals surface area contributed by atoms with E-state index in [2.05, 4.69) is 230 Å². The van der Waals surface area contributed by atoms with Crippen LogP contribution in [-0.4, -0.2) is 38.4 Å². The third-order valence-electron chi connectivity index (χ3n) is 11.0. The van der Waals surface area contributed by atoms with Crippen molar-refractivity contribution in [2.45, 2.75) is 52.4 Å². The summed E-state index contributed by atoms with van der Waals surface area (Å²) in [7, 11) is -1.09. The fraction of sp³-hybridized carbons (Fsp3) is 0.175. The first kappa shape index (κ1) is 50.4. The van der Waals surface area contributed by atoms with Crippen molar-refractivity contribution in [2.24, 2.45) is 0 Å². The maximum atomic E-state index is 4.58. The summed E-state index contributed by atoms with van der Waals surface area (Å²) in [5.74, 6) is 2.05. The summed E-state index contributed by atoms with van der Waals surface area (Å²) < 4.78 is 0. The Kier molecular flexibility index (Phi) is 17.8. The van der Waals surface area contributed by atoms with Gasteiger partial charge in [0.05, 0.1) is 61.8 Å². The summed E-state index contributed by atoms with van der Waals surface area (Å²) in [5, 5.41) is 18.7. The van der Waals surface area contributed by atoms with E-state index in [0.717, 1.165) is 44.5 Å². The Bertz CT molecular complexity index is 2870. The Morgan fingerprint density at radius 2 is 0.925 bits per heavy atom. The summed E-state index contributed by atoms with van der Waals surface area (Å²) in [5.41, 5.74) is 2.53. The van der Waals surface area contributed by atoms with Crippen molar-refractivity contribution in [3.05, 3.63) is 212 Å². The number of rotatable bonds is 6. The van der Waals surface area contributed by atoms with Gasteiger partial charge in [-0.25, -0.2) is 0 Å². The van der Waals surface area contributed by atoms with E-state index in [1.54, 1.807) is 6.20 Å². The van der Waals surface area contributed by atoms with Gasteiger partial charge in [-0.05, 0) is 88.5 Å². The van der Waals surface area contributed by atoms with E-state index in [0.29, 0.717) is 11.6 Å². The maximum absolute atomic E-state index is 4.58. The van der Waals surface area contributed by atoms with Gasteiger partial charge in [0.15, 0.2) is 0 Å². The molecule has 67 heavy (non-hydrogen) atoms. The predicted molar refractivity (Wildman–Crippen MR) is 285 cm³/mol. The molecular formula is C57H59N7OsP2+2. The van der Waals surface area contributed by atoms with Crippen molar-refractivity contribution in [1.82, 2.24) is 35.1 Å². The molecule has 4 aromatic heterocycles. The smallest absolute Gasteiger partial charge is 0.441 e. The van der Waals surface area contributed by atoms with Crippen LogP contribution in [0.1, 0.15) is 53.1 Å². The topological polar surface area (TPSA) is 92.7 Å². The van der Waals surface area contributed by atoms with Crippen molar-refractivity contribution < 1.29 is 19.8 Å². The Hall–Kier alpha value is -6.01. The molecular weight excluding hydrogens is 1030 g/mol. The fourth-order valence-electron chi connectivity index (χ4n) is 7.03. The maximum Gasteiger partial charge on any atom is 2.00 e. The fourth-order valence-corrected chi connectivity index (χ4v) is 10.5. The second kappa shape index (κ2) is 23.6. The zero-order valence-corrected chi connectivity index (χ0v) is 44.1. The Morgan fingerprint density at radius 1 is 0.463 bits per heavy atom. The van der Waals surface area contributed by atoms with E-state index in [9.17, 15) is 0 Å². The second-order valence-electron chi connectivity index (χ2n) is 18.0. The Labute approximate surface area is 412 Å². The molecule has 0 aliphatic carbocycles. The first-order chi connectivity index (χ1) is 31.8.